The molecule has 0 fully saturated rings. The fraction of sp³-hybridized carbons (Fsp3) is 0.105. The van der Waals surface area contributed by atoms with Crippen LogP contribution in [0.25, 0.3) is 10.8 Å². The predicted octanol–water partition coefficient (Wildman–Crippen LogP) is 5.03. The van der Waals surface area contributed by atoms with Crippen LogP contribution in [-0.4, -0.2) is 10.9 Å². The van der Waals surface area contributed by atoms with Crippen LogP contribution in [0.4, 0.5) is 0 Å². The lowest BCUT2D eigenvalue weighted by Crippen LogP contribution is -1.99. The molecule has 3 aromatic carbocycles. The highest BCUT2D eigenvalue weighted by Crippen LogP contribution is 2.46. The number of ketones is 1. The molecule has 0 saturated carbocycles. The number of rotatable bonds is 1. The van der Waals surface area contributed by atoms with Gasteiger partial charge in [0.1, 0.15) is 5.75 Å². The quantitative estimate of drug-likeness (QED) is 0.667. The van der Waals surface area contributed by atoms with Gasteiger partial charge in [0.2, 0.25) is 0 Å². The number of hydrogen-bond acceptors (Lipinski definition) is 2. The second kappa shape index (κ2) is 4.96. The van der Waals surface area contributed by atoms with Crippen molar-refractivity contribution in [3.05, 3.63) is 75.8 Å². The first-order valence-corrected chi connectivity index (χ1v) is 7.98. The Hall–Kier alpha value is -2.13. The van der Waals surface area contributed by atoms with Crippen LogP contribution in [-0.2, 0) is 0 Å². The van der Waals surface area contributed by atoms with Crippen LogP contribution >= 0.6 is 15.9 Å². The zero-order valence-electron chi connectivity index (χ0n) is 11.7. The summed E-state index contributed by atoms with van der Waals surface area (Å²) in [7, 11) is 0. The molecule has 1 N–H and O–H groups in total. The summed E-state index contributed by atoms with van der Waals surface area (Å²) in [5.74, 6) is 0.276. The van der Waals surface area contributed by atoms with Crippen molar-refractivity contribution in [2.24, 2.45) is 0 Å². The molecule has 3 heteroatoms. The number of phenols is 1. The van der Waals surface area contributed by atoms with Gasteiger partial charge in [-0.3, -0.25) is 4.79 Å². The van der Waals surface area contributed by atoms with Gasteiger partial charge in [-0.15, -0.1) is 0 Å². The van der Waals surface area contributed by atoms with Gasteiger partial charge in [0.05, 0.1) is 0 Å². The fourth-order valence-electron chi connectivity index (χ4n) is 3.43. The van der Waals surface area contributed by atoms with Gasteiger partial charge in [-0.05, 0) is 28.5 Å². The van der Waals surface area contributed by atoms with E-state index in [9.17, 15) is 9.90 Å². The molecule has 0 bridgehead atoms. The Kier molecular flexibility index (Phi) is 3.05. The molecule has 1 atom stereocenters. The molecule has 0 aliphatic heterocycles. The molecular formula is C19H13BrO2. The minimum atomic E-state index is -0.107. The maximum atomic E-state index is 12.3. The van der Waals surface area contributed by atoms with Crippen molar-refractivity contribution in [2.45, 2.75) is 12.3 Å². The molecule has 22 heavy (non-hydrogen) atoms. The fourth-order valence-corrected chi connectivity index (χ4v) is 4.07. The van der Waals surface area contributed by atoms with Crippen LogP contribution in [0, 0.1) is 0 Å². The Morgan fingerprint density at radius 1 is 0.955 bits per heavy atom. The standard InChI is InChI=1S/C19H13BrO2/c20-15-7-3-6-13-17(22)10-14(18(13)15)19-12-5-2-1-4-11(12)8-9-16(19)21/h1-9,14,21H,10H2/t14-/m0/s1. The Balaban J connectivity index is 2.03. The molecule has 0 amide bonds. The van der Waals surface area contributed by atoms with Crippen LogP contribution in [0.5, 0.6) is 5.75 Å². The molecule has 0 aromatic heterocycles. The number of carbonyl (C=O) groups is 1. The SMILES string of the molecule is O=C1C[C@H](c2c(O)ccc3ccccc23)c2c(Br)cccc21. The van der Waals surface area contributed by atoms with Crippen LogP contribution in [0.3, 0.4) is 0 Å². The van der Waals surface area contributed by atoms with Gasteiger partial charge in [-0.1, -0.05) is 58.4 Å². The van der Waals surface area contributed by atoms with E-state index < -0.39 is 0 Å². The van der Waals surface area contributed by atoms with Gasteiger partial charge in [0.15, 0.2) is 5.78 Å². The maximum absolute atomic E-state index is 12.3. The van der Waals surface area contributed by atoms with Gasteiger partial charge < -0.3 is 5.11 Å². The van der Waals surface area contributed by atoms with E-state index in [4.69, 9.17) is 0 Å². The second-order valence-corrected chi connectivity index (χ2v) is 6.45. The minimum Gasteiger partial charge on any atom is -0.508 e. The largest absolute Gasteiger partial charge is 0.508 e. The molecule has 4 rings (SSSR count). The highest BCUT2D eigenvalue weighted by atomic mass is 79.9. The van der Waals surface area contributed by atoms with Crippen molar-refractivity contribution >= 4 is 32.5 Å². The van der Waals surface area contributed by atoms with Crippen molar-refractivity contribution in [3.63, 3.8) is 0 Å². The highest BCUT2D eigenvalue weighted by molar-refractivity contribution is 9.10. The third kappa shape index (κ3) is 1.89. The van der Waals surface area contributed by atoms with Crippen LogP contribution in [0.15, 0.2) is 59.1 Å². The smallest absolute Gasteiger partial charge is 0.164 e. The average Bonchev–Trinajstić information content (AvgIpc) is 2.85. The summed E-state index contributed by atoms with van der Waals surface area (Å²) in [6.07, 6.45) is 0.402. The molecule has 3 aromatic rings. The van der Waals surface area contributed by atoms with Crippen LogP contribution in [0.2, 0.25) is 0 Å². The Bertz CT molecular complexity index is 914. The lowest BCUT2D eigenvalue weighted by molar-refractivity contribution is 0.0991. The molecule has 1 aliphatic rings. The second-order valence-electron chi connectivity index (χ2n) is 5.60. The first-order chi connectivity index (χ1) is 10.7. The topological polar surface area (TPSA) is 37.3 Å². The van der Waals surface area contributed by atoms with E-state index in [1.54, 1.807) is 6.07 Å². The van der Waals surface area contributed by atoms with Crippen molar-refractivity contribution in [2.75, 3.05) is 0 Å². The summed E-state index contributed by atoms with van der Waals surface area (Å²) in [4.78, 5) is 12.3. The van der Waals surface area contributed by atoms with Crippen molar-refractivity contribution in [3.8, 4) is 5.75 Å². The Morgan fingerprint density at radius 2 is 1.77 bits per heavy atom. The lowest BCUT2D eigenvalue weighted by Gasteiger charge is -2.17. The summed E-state index contributed by atoms with van der Waals surface area (Å²) >= 11 is 3.57. The lowest BCUT2D eigenvalue weighted by atomic mass is 9.88. The molecule has 108 valence electrons. The van der Waals surface area contributed by atoms with E-state index in [0.717, 1.165) is 31.9 Å². The normalized spacial score (nSPS) is 17.0. The molecule has 0 heterocycles. The zero-order valence-corrected chi connectivity index (χ0v) is 13.3. The highest BCUT2D eigenvalue weighted by Gasteiger charge is 2.34. The van der Waals surface area contributed by atoms with Gasteiger partial charge in [-0.2, -0.15) is 0 Å². The maximum Gasteiger partial charge on any atom is 0.164 e. The predicted molar refractivity (Wildman–Crippen MR) is 90.5 cm³/mol. The molecular weight excluding hydrogens is 340 g/mol. The number of aromatic hydroxyl groups is 1. The van der Waals surface area contributed by atoms with E-state index >= 15 is 0 Å². The van der Waals surface area contributed by atoms with E-state index in [1.807, 2.05) is 48.5 Å². The molecule has 0 radical (unpaired) electrons. The molecule has 0 saturated heterocycles. The zero-order chi connectivity index (χ0) is 15.3. The first kappa shape index (κ1) is 13.5. The number of fused-ring (bicyclic) bond motifs is 2. The number of benzene rings is 3. The molecule has 0 spiro atoms. The van der Waals surface area contributed by atoms with E-state index in [-0.39, 0.29) is 17.5 Å². The average molecular weight is 353 g/mol. The molecule has 0 unspecified atom stereocenters. The first-order valence-electron chi connectivity index (χ1n) is 7.19. The molecule has 1 aliphatic carbocycles. The van der Waals surface area contributed by atoms with Crippen molar-refractivity contribution in [1.29, 1.82) is 0 Å². The number of carbonyl (C=O) groups excluding carboxylic acids is 1. The number of phenolic OH excluding ortho intramolecular Hbond substituents is 1. The van der Waals surface area contributed by atoms with Crippen molar-refractivity contribution < 1.29 is 9.90 Å². The minimum absolute atomic E-state index is 0.107. The van der Waals surface area contributed by atoms with E-state index in [1.165, 1.54) is 0 Å². The number of Topliss-reactive ketones (excluding diaryl/α,β-unsaturated/α-hetero) is 1. The number of hydrogen-bond donors (Lipinski definition) is 1. The van der Waals surface area contributed by atoms with Crippen molar-refractivity contribution in [1.82, 2.24) is 0 Å². The van der Waals surface area contributed by atoms with Gasteiger partial charge >= 0.3 is 0 Å². The summed E-state index contributed by atoms with van der Waals surface area (Å²) in [6, 6.07) is 17.3. The third-order valence-corrected chi connectivity index (χ3v) is 5.08. The number of halogens is 1. The monoisotopic (exact) mass is 352 g/mol. The Morgan fingerprint density at radius 3 is 2.64 bits per heavy atom. The van der Waals surface area contributed by atoms with Gasteiger partial charge in [-0.25, -0.2) is 0 Å². The Labute approximate surface area is 136 Å². The van der Waals surface area contributed by atoms with Crippen LogP contribution in [0.1, 0.15) is 33.8 Å². The summed E-state index contributed by atoms with van der Waals surface area (Å²) < 4.78 is 0.924. The summed E-state index contributed by atoms with van der Waals surface area (Å²) in [5.41, 5.74) is 2.59. The van der Waals surface area contributed by atoms with E-state index in [2.05, 4.69) is 15.9 Å². The van der Waals surface area contributed by atoms with Gasteiger partial charge in [0.25, 0.3) is 0 Å². The van der Waals surface area contributed by atoms with Crippen LogP contribution < -0.4 is 0 Å². The summed E-state index contributed by atoms with van der Waals surface area (Å²) in [6.45, 7) is 0. The molecule has 2 nitrogen and oxygen atoms in total. The van der Waals surface area contributed by atoms with Gasteiger partial charge in [0, 0.05) is 27.9 Å². The summed E-state index contributed by atoms with van der Waals surface area (Å²) in [5, 5.41) is 12.5. The third-order valence-electron chi connectivity index (χ3n) is 4.39. The van der Waals surface area contributed by atoms with E-state index in [0.29, 0.717) is 6.42 Å².